The van der Waals surface area contributed by atoms with Gasteiger partial charge in [-0.2, -0.15) is 0 Å². The van der Waals surface area contributed by atoms with Gasteiger partial charge in [-0.15, -0.1) is 0 Å². The highest BCUT2D eigenvalue weighted by Gasteiger charge is 2.20. The van der Waals surface area contributed by atoms with E-state index in [2.05, 4.69) is 34.9 Å². The first-order valence-electron chi connectivity index (χ1n) is 7.60. The Morgan fingerprint density at radius 2 is 1.52 bits per heavy atom. The van der Waals surface area contributed by atoms with E-state index in [4.69, 9.17) is 0 Å². The zero-order valence-corrected chi connectivity index (χ0v) is 12.1. The van der Waals surface area contributed by atoms with E-state index in [0.717, 1.165) is 31.5 Å². The van der Waals surface area contributed by atoms with E-state index in [1.54, 1.807) is 0 Å². The van der Waals surface area contributed by atoms with Gasteiger partial charge in [-0.25, -0.2) is 4.39 Å². The normalized spacial score (nSPS) is 17.6. The van der Waals surface area contributed by atoms with Crippen LogP contribution in [0.15, 0.2) is 54.6 Å². The summed E-state index contributed by atoms with van der Waals surface area (Å²) in [5.41, 5.74) is 2.34. The van der Waals surface area contributed by atoms with E-state index in [9.17, 15) is 4.39 Å². The van der Waals surface area contributed by atoms with Crippen molar-refractivity contribution < 1.29 is 4.39 Å². The topological polar surface area (TPSA) is 24.1 Å². The second-order valence-electron chi connectivity index (χ2n) is 5.59. The van der Waals surface area contributed by atoms with Crippen LogP contribution in [-0.4, -0.2) is 19.1 Å². The third-order valence-corrected chi connectivity index (χ3v) is 4.08. The first-order chi connectivity index (χ1) is 10.3. The van der Waals surface area contributed by atoms with Gasteiger partial charge in [0.2, 0.25) is 0 Å². The third-order valence-electron chi connectivity index (χ3n) is 4.08. The lowest BCUT2D eigenvalue weighted by Crippen LogP contribution is -2.41. The van der Waals surface area contributed by atoms with Crippen molar-refractivity contribution in [2.75, 3.05) is 13.1 Å². The van der Waals surface area contributed by atoms with Crippen LogP contribution in [0.3, 0.4) is 0 Å². The van der Waals surface area contributed by atoms with Crippen molar-refractivity contribution in [1.29, 1.82) is 0 Å². The van der Waals surface area contributed by atoms with Crippen LogP contribution in [0.1, 0.15) is 30.0 Å². The third kappa shape index (κ3) is 3.69. The van der Waals surface area contributed by atoms with Gasteiger partial charge in [0.05, 0.1) is 6.04 Å². The summed E-state index contributed by atoms with van der Waals surface area (Å²) >= 11 is 0. The molecule has 1 fully saturated rings. The lowest BCUT2D eigenvalue weighted by atomic mass is 9.96. The zero-order chi connectivity index (χ0) is 14.5. The second kappa shape index (κ2) is 6.83. The Hall–Kier alpha value is -1.71. The molecule has 21 heavy (non-hydrogen) atoms. The molecule has 110 valence electrons. The minimum Gasteiger partial charge on any atom is -0.317 e. The van der Waals surface area contributed by atoms with Gasteiger partial charge in [-0.05, 0) is 49.2 Å². The summed E-state index contributed by atoms with van der Waals surface area (Å²) in [5, 5.41) is 7.13. The monoisotopic (exact) mass is 284 g/mol. The molecule has 1 saturated heterocycles. The van der Waals surface area contributed by atoms with E-state index in [0.29, 0.717) is 6.04 Å². The second-order valence-corrected chi connectivity index (χ2v) is 5.59. The van der Waals surface area contributed by atoms with Gasteiger partial charge >= 0.3 is 0 Å². The lowest BCUT2D eigenvalue weighted by Gasteiger charge is -2.29. The molecule has 0 radical (unpaired) electrons. The van der Waals surface area contributed by atoms with Crippen LogP contribution in [0, 0.1) is 5.82 Å². The Labute approximate surface area is 125 Å². The fourth-order valence-corrected chi connectivity index (χ4v) is 2.91. The molecule has 2 aromatic rings. The van der Waals surface area contributed by atoms with Crippen molar-refractivity contribution in [3.63, 3.8) is 0 Å². The number of nitrogens with one attached hydrogen (secondary N) is 2. The summed E-state index contributed by atoms with van der Waals surface area (Å²) in [4.78, 5) is 0. The van der Waals surface area contributed by atoms with Crippen LogP contribution in [0.2, 0.25) is 0 Å². The Kier molecular flexibility index (Phi) is 4.63. The number of halogens is 1. The highest BCUT2D eigenvalue weighted by molar-refractivity contribution is 5.32. The van der Waals surface area contributed by atoms with Gasteiger partial charge in [0, 0.05) is 6.04 Å². The summed E-state index contributed by atoms with van der Waals surface area (Å²) in [6.45, 7) is 2.12. The molecule has 3 rings (SSSR count). The van der Waals surface area contributed by atoms with Crippen LogP contribution in [0.4, 0.5) is 4.39 Å². The fraction of sp³-hybridized carbons (Fsp3) is 0.333. The Morgan fingerprint density at radius 3 is 2.19 bits per heavy atom. The standard InChI is InChI=1S/C18H21FN2/c19-16-8-6-15(7-9-16)18(14-4-2-1-3-5-14)21-17-10-12-20-13-11-17/h1-9,17-18,20-21H,10-13H2. The molecule has 0 amide bonds. The molecule has 2 aromatic carbocycles. The molecular formula is C18H21FN2. The van der Waals surface area contributed by atoms with Crippen LogP contribution < -0.4 is 10.6 Å². The van der Waals surface area contributed by atoms with Crippen molar-refractivity contribution >= 4 is 0 Å². The van der Waals surface area contributed by atoms with E-state index in [-0.39, 0.29) is 11.9 Å². The molecule has 1 heterocycles. The molecule has 1 aliphatic heterocycles. The van der Waals surface area contributed by atoms with Gasteiger partial charge in [0.1, 0.15) is 5.82 Å². The Balaban J connectivity index is 1.85. The molecule has 1 aliphatic rings. The summed E-state index contributed by atoms with van der Waals surface area (Å²) in [5.74, 6) is -0.188. The predicted molar refractivity (Wildman–Crippen MR) is 83.7 cm³/mol. The first-order valence-corrected chi connectivity index (χ1v) is 7.60. The van der Waals surface area contributed by atoms with Crippen molar-refractivity contribution in [3.05, 3.63) is 71.5 Å². The number of hydrogen-bond acceptors (Lipinski definition) is 2. The Morgan fingerprint density at radius 1 is 0.905 bits per heavy atom. The van der Waals surface area contributed by atoms with Gasteiger partial charge in [0.25, 0.3) is 0 Å². The number of hydrogen-bond donors (Lipinski definition) is 2. The maximum atomic E-state index is 13.2. The van der Waals surface area contributed by atoms with Crippen LogP contribution >= 0.6 is 0 Å². The van der Waals surface area contributed by atoms with Crippen molar-refractivity contribution in [3.8, 4) is 0 Å². The number of benzene rings is 2. The highest BCUT2D eigenvalue weighted by atomic mass is 19.1. The van der Waals surface area contributed by atoms with Crippen molar-refractivity contribution in [1.82, 2.24) is 10.6 Å². The molecule has 1 atom stereocenters. The van der Waals surface area contributed by atoms with Crippen LogP contribution in [0.25, 0.3) is 0 Å². The maximum absolute atomic E-state index is 13.2. The molecule has 0 spiro atoms. The number of piperidine rings is 1. The SMILES string of the molecule is Fc1ccc(C(NC2CCNCC2)c2ccccc2)cc1. The summed E-state index contributed by atoms with van der Waals surface area (Å²) in [6, 6.07) is 17.8. The molecule has 0 bridgehead atoms. The average molecular weight is 284 g/mol. The Bertz CT molecular complexity index is 547. The van der Waals surface area contributed by atoms with Gasteiger partial charge < -0.3 is 10.6 Å². The van der Waals surface area contributed by atoms with E-state index >= 15 is 0 Å². The fourth-order valence-electron chi connectivity index (χ4n) is 2.91. The molecule has 2 nitrogen and oxygen atoms in total. The molecule has 0 saturated carbocycles. The summed E-state index contributed by atoms with van der Waals surface area (Å²) < 4.78 is 13.2. The molecular weight excluding hydrogens is 263 g/mol. The zero-order valence-electron chi connectivity index (χ0n) is 12.1. The lowest BCUT2D eigenvalue weighted by molar-refractivity contribution is 0.367. The van der Waals surface area contributed by atoms with E-state index in [1.165, 1.54) is 17.7 Å². The van der Waals surface area contributed by atoms with Crippen molar-refractivity contribution in [2.24, 2.45) is 0 Å². The average Bonchev–Trinajstić information content (AvgIpc) is 2.55. The molecule has 0 aromatic heterocycles. The quantitative estimate of drug-likeness (QED) is 0.900. The predicted octanol–water partition coefficient (Wildman–Crippen LogP) is 3.26. The largest absolute Gasteiger partial charge is 0.317 e. The van der Waals surface area contributed by atoms with Crippen molar-refractivity contribution in [2.45, 2.75) is 24.9 Å². The molecule has 0 aliphatic carbocycles. The van der Waals surface area contributed by atoms with E-state index < -0.39 is 0 Å². The van der Waals surface area contributed by atoms with Crippen LogP contribution in [0.5, 0.6) is 0 Å². The molecule has 2 N–H and O–H groups in total. The molecule has 1 unspecified atom stereocenters. The summed E-state index contributed by atoms with van der Waals surface area (Å²) in [6.07, 6.45) is 2.26. The van der Waals surface area contributed by atoms with Gasteiger partial charge in [-0.3, -0.25) is 0 Å². The van der Waals surface area contributed by atoms with Gasteiger partial charge in [-0.1, -0.05) is 42.5 Å². The minimum atomic E-state index is -0.188. The minimum absolute atomic E-state index is 0.120. The van der Waals surface area contributed by atoms with E-state index in [1.807, 2.05) is 18.2 Å². The van der Waals surface area contributed by atoms with Gasteiger partial charge in [0.15, 0.2) is 0 Å². The number of rotatable bonds is 4. The molecule has 3 heteroatoms. The highest BCUT2D eigenvalue weighted by Crippen LogP contribution is 2.24. The summed E-state index contributed by atoms with van der Waals surface area (Å²) in [7, 11) is 0. The van der Waals surface area contributed by atoms with Crippen LogP contribution in [-0.2, 0) is 0 Å². The first kappa shape index (κ1) is 14.2. The maximum Gasteiger partial charge on any atom is 0.123 e. The smallest absolute Gasteiger partial charge is 0.123 e.